The third-order valence-electron chi connectivity index (χ3n) is 6.48. The average molecular weight is 473 g/mol. The molecule has 3 aromatic carbocycles. The Hall–Kier alpha value is -3.29. The first-order chi connectivity index (χ1) is 16.4. The number of aromatic nitrogens is 2. The lowest BCUT2D eigenvalue weighted by Crippen LogP contribution is -2.35. The van der Waals surface area contributed by atoms with Gasteiger partial charge in [0, 0.05) is 35.1 Å². The smallest absolute Gasteiger partial charge is 0.243 e. The lowest BCUT2D eigenvalue weighted by atomic mass is 10.0. The molecule has 1 aromatic heterocycles. The van der Waals surface area contributed by atoms with Gasteiger partial charge in [-0.2, -0.15) is 4.31 Å². The summed E-state index contributed by atoms with van der Waals surface area (Å²) < 4.78 is 28.5. The predicted molar refractivity (Wildman–Crippen MR) is 137 cm³/mol. The van der Waals surface area contributed by atoms with Crippen LogP contribution < -0.4 is 5.32 Å². The van der Waals surface area contributed by atoms with Gasteiger partial charge in [-0.25, -0.2) is 8.42 Å². The van der Waals surface area contributed by atoms with E-state index in [4.69, 9.17) is 0 Å². The minimum absolute atomic E-state index is 0.347. The van der Waals surface area contributed by atoms with Crippen LogP contribution in [0.25, 0.3) is 22.0 Å². The molecule has 7 heteroatoms. The largest absolute Gasteiger partial charge is 0.338 e. The fourth-order valence-electron chi connectivity index (χ4n) is 4.52. The molecule has 1 N–H and O–H groups in total. The molecule has 2 heterocycles. The standard InChI is InChI=1S/C27H28N4O2S/c1-19-10-4-7-13-24(19)28-27-23-12-6-5-11-22(23)26(29-30-27)21-15-14-20(2)25(18-21)34(32,33)31-16-8-3-9-17-31/h4-7,10-15,18H,3,8-9,16-17H2,1-2H3,(H,28,30). The van der Waals surface area contributed by atoms with Crippen molar-refractivity contribution in [1.29, 1.82) is 0 Å². The number of rotatable bonds is 5. The summed E-state index contributed by atoms with van der Waals surface area (Å²) >= 11 is 0. The molecular weight excluding hydrogens is 444 g/mol. The van der Waals surface area contributed by atoms with Crippen molar-refractivity contribution in [2.45, 2.75) is 38.0 Å². The number of anilines is 2. The number of benzene rings is 3. The second-order valence-corrected chi connectivity index (χ2v) is 10.7. The molecule has 6 nitrogen and oxygen atoms in total. The zero-order valence-electron chi connectivity index (χ0n) is 19.5. The van der Waals surface area contributed by atoms with Crippen molar-refractivity contribution in [2.24, 2.45) is 0 Å². The minimum atomic E-state index is -3.56. The first kappa shape index (κ1) is 22.5. The Morgan fingerprint density at radius 3 is 2.26 bits per heavy atom. The summed E-state index contributed by atoms with van der Waals surface area (Å²) in [5, 5.41) is 14.3. The third-order valence-corrected chi connectivity index (χ3v) is 8.52. The zero-order chi connectivity index (χ0) is 23.7. The molecule has 0 saturated carbocycles. The van der Waals surface area contributed by atoms with Crippen molar-refractivity contribution in [1.82, 2.24) is 14.5 Å². The van der Waals surface area contributed by atoms with Crippen molar-refractivity contribution in [3.05, 3.63) is 77.9 Å². The lowest BCUT2D eigenvalue weighted by molar-refractivity contribution is 0.346. The highest BCUT2D eigenvalue weighted by Crippen LogP contribution is 2.34. The van der Waals surface area contributed by atoms with Crippen LogP contribution in [0.15, 0.2) is 71.6 Å². The van der Waals surface area contributed by atoms with Gasteiger partial charge in [0.25, 0.3) is 0 Å². The van der Waals surface area contributed by atoms with Gasteiger partial charge in [-0.05, 0) is 49.9 Å². The number of hydrogen-bond donors (Lipinski definition) is 1. The van der Waals surface area contributed by atoms with Gasteiger partial charge in [-0.15, -0.1) is 10.2 Å². The Bertz CT molecular complexity index is 1460. The molecule has 34 heavy (non-hydrogen) atoms. The molecule has 1 fully saturated rings. The number of aryl methyl sites for hydroxylation is 2. The molecule has 0 bridgehead atoms. The first-order valence-electron chi connectivity index (χ1n) is 11.6. The monoisotopic (exact) mass is 472 g/mol. The van der Waals surface area contributed by atoms with Crippen LogP contribution >= 0.6 is 0 Å². The Balaban J connectivity index is 1.59. The molecule has 5 rings (SSSR count). The molecule has 0 aliphatic carbocycles. The summed E-state index contributed by atoms with van der Waals surface area (Å²) in [7, 11) is -3.56. The zero-order valence-corrected chi connectivity index (χ0v) is 20.3. The van der Waals surface area contributed by atoms with E-state index in [-0.39, 0.29) is 0 Å². The van der Waals surface area contributed by atoms with Crippen molar-refractivity contribution >= 4 is 32.3 Å². The van der Waals surface area contributed by atoms with Crippen molar-refractivity contribution in [2.75, 3.05) is 18.4 Å². The van der Waals surface area contributed by atoms with E-state index in [9.17, 15) is 8.42 Å². The fourth-order valence-corrected chi connectivity index (χ4v) is 6.29. The number of para-hydroxylation sites is 1. The van der Waals surface area contributed by atoms with E-state index in [1.54, 1.807) is 10.4 Å². The number of fused-ring (bicyclic) bond motifs is 1. The van der Waals surface area contributed by atoms with E-state index in [1.807, 2.05) is 74.5 Å². The van der Waals surface area contributed by atoms with Crippen LogP contribution in [0.4, 0.5) is 11.5 Å². The van der Waals surface area contributed by atoms with Crippen LogP contribution in [0.2, 0.25) is 0 Å². The van der Waals surface area contributed by atoms with Gasteiger partial charge in [-0.3, -0.25) is 0 Å². The van der Waals surface area contributed by atoms with E-state index in [0.717, 1.165) is 52.4 Å². The fraction of sp³-hybridized carbons (Fsp3) is 0.259. The summed E-state index contributed by atoms with van der Waals surface area (Å²) in [6.45, 7) is 5.05. The quantitative estimate of drug-likeness (QED) is 0.395. The van der Waals surface area contributed by atoms with Crippen LogP contribution in [0, 0.1) is 13.8 Å². The Kier molecular flexibility index (Phi) is 6.06. The summed E-state index contributed by atoms with van der Waals surface area (Å²) in [5.74, 6) is 0.668. The van der Waals surface area contributed by atoms with Gasteiger partial charge >= 0.3 is 0 Å². The molecule has 1 saturated heterocycles. The van der Waals surface area contributed by atoms with E-state index in [2.05, 4.69) is 15.5 Å². The highest BCUT2D eigenvalue weighted by atomic mass is 32.2. The minimum Gasteiger partial charge on any atom is -0.338 e. The predicted octanol–water partition coefficient (Wildman–Crippen LogP) is 5.83. The highest BCUT2D eigenvalue weighted by Gasteiger charge is 2.28. The molecule has 174 valence electrons. The third kappa shape index (κ3) is 4.17. The van der Waals surface area contributed by atoms with Crippen molar-refractivity contribution < 1.29 is 8.42 Å². The van der Waals surface area contributed by atoms with Crippen molar-refractivity contribution in [3.63, 3.8) is 0 Å². The van der Waals surface area contributed by atoms with Crippen LogP contribution in [0.1, 0.15) is 30.4 Å². The Labute approximate surface area is 200 Å². The molecule has 1 aliphatic heterocycles. The SMILES string of the molecule is Cc1ccccc1Nc1nnc(-c2ccc(C)c(S(=O)(=O)N3CCCCC3)c2)c2ccccc12. The van der Waals surface area contributed by atoms with Gasteiger partial charge in [0.05, 0.1) is 4.90 Å². The summed E-state index contributed by atoms with van der Waals surface area (Å²) in [4.78, 5) is 0.347. The Morgan fingerprint density at radius 1 is 0.794 bits per heavy atom. The maximum absolute atomic E-state index is 13.4. The topological polar surface area (TPSA) is 75.2 Å². The molecule has 0 radical (unpaired) electrons. The van der Waals surface area contributed by atoms with Crippen LogP contribution in [0.3, 0.4) is 0 Å². The highest BCUT2D eigenvalue weighted by molar-refractivity contribution is 7.89. The molecule has 1 aliphatic rings. The number of sulfonamides is 1. The van der Waals surface area contributed by atoms with Crippen molar-refractivity contribution in [3.8, 4) is 11.3 Å². The lowest BCUT2D eigenvalue weighted by Gasteiger charge is -2.26. The van der Waals surface area contributed by atoms with Crippen LogP contribution in [-0.2, 0) is 10.0 Å². The first-order valence-corrected chi connectivity index (χ1v) is 13.1. The van der Waals surface area contributed by atoms with Gasteiger partial charge in [-0.1, -0.05) is 61.0 Å². The van der Waals surface area contributed by atoms with Gasteiger partial charge < -0.3 is 5.32 Å². The Morgan fingerprint density at radius 2 is 1.50 bits per heavy atom. The summed E-state index contributed by atoms with van der Waals surface area (Å²) in [6, 6.07) is 21.5. The number of nitrogens with one attached hydrogen (secondary N) is 1. The van der Waals surface area contributed by atoms with Crippen LogP contribution in [-0.4, -0.2) is 36.0 Å². The van der Waals surface area contributed by atoms with E-state index in [1.165, 1.54) is 0 Å². The van der Waals surface area contributed by atoms with Gasteiger partial charge in [0.1, 0.15) is 5.69 Å². The molecule has 0 amide bonds. The van der Waals surface area contributed by atoms with E-state index < -0.39 is 10.0 Å². The summed E-state index contributed by atoms with van der Waals surface area (Å²) in [5.41, 5.74) is 4.24. The maximum Gasteiger partial charge on any atom is 0.243 e. The van der Waals surface area contributed by atoms with E-state index >= 15 is 0 Å². The molecule has 4 aromatic rings. The normalized spacial score (nSPS) is 14.9. The molecule has 0 atom stereocenters. The molecular formula is C27H28N4O2S. The van der Waals surface area contributed by atoms with Gasteiger partial charge in [0.15, 0.2) is 5.82 Å². The number of piperidine rings is 1. The molecule has 0 unspecified atom stereocenters. The second-order valence-electron chi connectivity index (χ2n) is 8.83. The van der Waals surface area contributed by atoms with Gasteiger partial charge in [0.2, 0.25) is 10.0 Å². The second kappa shape index (κ2) is 9.16. The summed E-state index contributed by atoms with van der Waals surface area (Å²) in [6.07, 6.45) is 2.89. The average Bonchev–Trinajstić information content (AvgIpc) is 2.86. The molecule has 0 spiro atoms. The van der Waals surface area contributed by atoms with Crippen LogP contribution in [0.5, 0.6) is 0 Å². The number of hydrogen-bond acceptors (Lipinski definition) is 5. The number of nitrogens with zero attached hydrogens (tertiary/aromatic N) is 3. The van der Waals surface area contributed by atoms with E-state index in [0.29, 0.717) is 29.5 Å². The maximum atomic E-state index is 13.4.